The highest BCUT2D eigenvalue weighted by Crippen LogP contribution is 2.30. The fourth-order valence-corrected chi connectivity index (χ4v) is 3.99. The van der Waals surface area contributed by atoms with Crippen molar-refractivity contribution in [3.8, 4) is 22.6 Å². The highest BCUT2D eigenvalue weighted by atomic mass is 16.5. The monoisotopic (exact) mass is 433 g/mol. The molecular weight excluding hydrogens is 410 g/mol. The van der Waals surface area contributed by atoms with Crippen LogP contribution in [0.1, 0.15) is 5.69 Å². The third-order valence-electron chi connectivity index (χ3n) is 5.64. The molecule has 0 amide bonds. The molecule has 1 N–H and O–H groups in total. The molecular formula is C28H23N3O2. The molecule has 0 unspecified atom stereocenters. The molecule has 0 saturated carbocycles. The van der Waals surface area contributed by atoms with E-state index in [9.17, 15) is 4.79 Å². The Kier molecular flexibility index (Phi) is 5.37. The molecule has 2 aromatic heterocycles. The van der Waals surface area contributed by atoms with Crippen LogP contribution in [0.25, 0.3) is 27.8 Å². The lowest BCUT2D eigenvalue weighted by molar-refractivity contribution is 0.415. The Labute approximate surface area is 191 Å². The quantitative estimate of drug-likeness (QED) is 0.363. The van der Waals surface area contributed by atoms with E-state index in [2.05, 4.69) is 5.32 Å². The van der Waals surface area contributed by atoms with Crippen molar-refractivity contribution < 1.29 is 4.74 Å². The van der Waals surface area contributed by atoms with Crippen molar-refractivity contribution in [2.45, 2.75) is 6.92 Å². The first-order valence-electron chi connectivity index (χ1n) is 10.7. The number of fused-ring (bicyclic) bond motifs is 1. The zero-order chi connectivity index (χ0) is 22.8. The van der Waals surface area contributed by atoms with E-state index in [4.69, 9.17) is 9.72 Å². The summed E-state index contributed by atoms with van der Waals surface area (Å²) in [5.74, 6) is 1.45. The number of aromatic nitrogens is 2. The van der Waals surface area contributed by atoms with Crippen LogP contribution in [0, 0.1) is 6.92 Å². The van der Waals surface area contributed by atoms with Gasteiger partial charge in [-0.25, -0.2) is 4.98 Å². The van der Waals surface area contributed by atoms with Gasteiger partial charge in [-0.1, -0.05) is 48.5 Å². The summed E-state index contributed by atoms with van der Waals surface area (Å²) in [5, 5.41) is 3.96. The molecule has 5 heteroatoms. The van der Waals surface area contributed by atoms with Crippen LogP contribution in [0.15, 0.2) is 102 Å². The second-order valence-electron chi connectivity index (χ2n) is 7.78. The number of aryl methyl sites for hydroxylation is 1. The minimum absolute atomic E-state index is 0.0853. The number of para-hydroxylation sites is 2. The summed E-state index contributed by atoms with van der Waals surface area (Å²) in [6, 6.07) is 31.1. The fourth-order valence-electron chi connectivity index (χ4n) is 3.99. The number of nitrogens with zero attached hydrogens (tertiary/aromatic N) is 2. The largest absolute Gasteiger partial charge is 0.497 e. The molecule has 0 spiro atoms. The summed E-state index contributed by atoms with van der Waals surface area (Å²) >= 11 is 0. The number of benzene rings is 3. The highest BCUT2D eigenvalue weighted by molar-refractivity contribution is 5.86. The van der Waals surface area contributed by atoms with E-state index < -0.39 is 0 Å². The molecule has 3 aromatic carbocycles. The highest BCUT2D eigenvalue weighted by Gasteiger charge is 2.16. The second kappa shape index (κ2) is 8.63. The summed E-state index contributed by atoms with van der Waals surface area (Å²) in [6.07, 6.45) is 0. The minimum Gasteiger partial charge on any atom is -0.497 e. The number of methoxy groups -OCH3 is 1. The lowest BCUT2D eigenvalue weighted by Crippen LogP contribution is -2.14. The van der Waals surface area contributed by atoms with Gasteiger partial charge in [0, 0.05) is 28.7 Å². The van der Waals surface area contributed by atoms with E-state index in [-0.39, 0.29) is 5.43 Å². The van der Waals surface area contributed by atoms with Crippen molar-refractivity contribution in [2.75, 3.05) is 12.4 Å². The van der Waals surface area contributed by atoms with Crippen LogP contribution in [0.4, 0.5) is 11.5 Å². The Morgan fingerprint density at radius 3 is 2.18 bits per heavy atom. The lowest BCUT2D eigenvalue weighted by Gasteiger charge is -2.19. The predicted octanol–water partition coefficient (Wildman–Crippen LogP) is 6.11. The number of hydrogen-bond donors (Lipinski definition) is 1. The first kappa shape index (κ1) is 20.5. The minimum atomic E-state index is -0.0853. The zero-order valence-electron chi connectivity index (χ0n) is 18.4. The Hall–Kier alpha value is -4.38. The van der Waals surface area contributed by atoms with Gasteiger partial charge in [0.2, 0.25) is 0 Å². The van der Waals surface area contributed by atoms with Crippen LogP contribution < -0.4 is 15.5 Å². The molecule has 5 nitrogen and oxygen atoms in total. The van der Waals surface area contributed by atoms with E-state index in [1.165, 1.54) is 0 Å². The summed E-state index contributed by atoms with van der Waals surface area (Å²) in [7, 11) is 1.64. The standard InChI is InChI=1S/C28H23N3O2/c1-19-24(20-13-15-23(33-2)16-14-20)17-25-26(32)18-27(30-21-9-5-3-6-10-21)31(28(25)29-19)22-11-7-4-8-12-22/h3-18,30H,1-2H3. The normalized spacial score (nSPS) is 10.8. The molecule has 0 aliphatic carbocycles. The smallest absolute Gasteiger partial charge is 0.193 e. The SMILES string of the molecule is COc1ccc(-c2cc3c(=O)cc(Nc4ccccc4)n(-c4ccccc4)c3nc2C)cc1. The summed E-state index contributed by atoms with van der Waals surface area (Å²) in [5.41, 5.74) is 5.09. The van der Waals surface area contributed by atoms with Crippen molar-refractivity contribution in [1.29, 1.82) is 0 Å². The molecule has 162 valence electrons. The van der Waals surface area contributed by atoms with Crippen molar-refractivity contribution in [1.82, 2.24) is 9.55 Å². The van der Waals surface area contributed by atoms with Gasteiger partial charge in [0.25, 0.3) is 0 Å². The maximum absolute atomic E-state index is 13.3. The summed E-state index contributed by atoms with van der Waals surface area (Å²) < 4.78 is 7.27. The van der Waals surface area contributed by atoms with Crippen molar-refractivity contribution in [3.63, 3.8) is 0 Å². The maximum Gasteiger partial charge on any atom is 0.193 e. The molecule has 0 aliphatic rings. The molecule has 0 fully saturated rings. The average molecular weight is 434 g/mol. The van der Waals surface area contributed by atoms with Crippen LogP contribution in [0.3, 0.4) is 0 Å². The molecule has 5 rings (SSSR count). The molecule has 2 heterocycles. The van der Waals surface area contributed by atoms with Gasteiger partial charge in [-0.2, -0.15) is 0 Å². The number of anilines is 2. The van der Waals surface area contributed by atoms with Gasteiger partial charge < -0.3 is 10.1 Å². The third-order valence-corrected chi connectivity index (χ3v) is 5.64. The van der Waals surface area contributed by atoms with Gasteiger partial charge in [-0.15, -0.1) is 0 Å². The van der Waals surface area contributed by atoms with E-state index >= 15 is 0 Å². The maximum atomic E-state index is 13.3. The molecule has 0 aliphatic heterocycles. The zero-order valence-corrected chi connectivity index (χ0v) is 18.4. The van der Waals surface area contributed by atoms with Gasteiger partial charge in [-0.05, 0) is 55.0 Å². The molecule has 0 radical (unpaired) electrons. The molecule has 33 heavy (non-hydrogen) atoms. The summed E-state index contributed by atoms with van der Waals surface area (Å²) in [6.45, 7) is 1.97. The first-order valence-corrected chi connectivity index (χ1v) is 10.7. The van der Waals surface area contributed by atoms with Crippen LogP contribution in [-0.2, 0) is 0 Å². The van der Waals surface area contributed by atoms with Gasteiger partial charge in [-0.3, -0.25) is 9.36 Å². The Bertz CT molecular complexity index is 1480. The number of pyridine rings is 2. The van der Waals surface area contributed by atoms with Gasteiger partial charge in [0.15, 0.2) is 5.43 Å². The number of nitrogens with one attached hydrogen (secondary N) is 1. The average Bonchev–Trinajstić information content (AvgIpc) is 2.85. The van der Waals surface area contributed by atoms with Crippen molar-refractivity contribution in [3.05, 3.63) is 113 Å². The van der Waals surface area contributed by atoms with Gasteiger partial charge in [0.1, 0.15) is 17.2 Å². The molecule has 5 aromatic rings. The number of rotatable bonds is 5. The Balaban J connectivity index is 1.75. The first-order chi connectivity index (χ1) is 16.1. The Morgan fingerprint density at radius 1 is 0.848 bits per heavy atom. The topological polar surface area (TPSA) is 56.1 Å². The van der Waals surface area contributed by atoms with E-state index in [1.807, 2.05) is 102 Å². The van der Waals surface area contributed by atoms with Gasteiger partial charge >= 0.3 is 0 Å². The van der Waals surface area contributed by atoms with E-state index in [0.717, 1.165) is 33.9 Å². The number of hydrogen-bond acceptors (Lipinski definition) is 4. The van der Waals surface area contributed by atoms with Crippen LogP contribution in [0.5, 0.6) is 5.75 Å². The van der Waals surface area contributed by atoms with E-state index in [1.54, 1.807) is 13.2 Å². The molecule has 0 atom stereocenters. The number of ether oxygens (including phenoxy) is 1. The van der Waals surface area contributed by atoms with Crippen LogP contribution in [-0.4, -0.2) is 16.7 Å². The molecule has 0 saturated heterocycles. The fraction of sp³-hybridized carbons (Fsp3) is 0.0714. The van der Waals surface area contributed by atoms with Crippen LogP contribution >= 0.6 is 0 Å². The summed E-state index contributed by atoms with van der Waals surface area (Å²) in [4.78, 5) is 18.2. The second-order valence-corrected chi connectivity index (χ2v) is 7.78. The van der Waals surface area contributed by atoms with Crippen LogP contribution in [0.2, 0.25) is 0 Å². The molecule has 0 bridgehead atoms. The van der Waals surface area contributed by atoms with Crippen molar-refractivity contribution in [2.24, 2.45) is 0 Å². The Morgan fingerprint density at radius 2 is 1.52 bits per heavy atom. The third kappa shape index (κ3) is 3.96. The predicted molar refractivity (Wildman–Crippen MR) is 134 cm³/mol. The van der Waals surface area contributed by atoms with E-state index in [0.29, 0.717) is 16.9 Å². The van der Waals surface area contributed by atoms with Crippen molar-refractivity contribution >= 4 is 22.5 Å². The lowest BCUT2D eigenvalue weighted by atomic mass is 10.0. The van der Waals surface area contributed by atoms with Gasteiger partial charge in [0.05, 0.1) is 12.5 Å².